The lowest BCUT2D eigenvalue weighted by Crippen LogP contribution is -2.27. The highest BCUT2D eigenvalue weighted by atomic mass is 19.4. The number of esters is 1. The van der Waals surface area contributed by atoms with Crippen molar-refractivity contribution in [2.75, 3.05) is 18.5 Å². The van der Waals surface area contributed by atoms with Crippen LogP contribution in [0.15, 0.2) is 42.5 Å². The predicted molar refractivity (Wildman–Crippen MR) is 101 cm³/mol. The Bertz CT molecular complexity index is 930. The van der Waals surface area contributed by atoms with E-state index < -0.39 is 28.5 Å². The van der Waals surface area contributed by atoms with Crippen molar-refractivity contribution < 1.29 is 32.4 Å². The summed E-state index contributed by atoms with van der Waals surface area (Å²) < 4.78 is 42.8. The normalized spacial score (nSPS) is 10.9. The molecule has 2 rings (SSSR count). The maximum atomic E-state index is 12.7. The molecule has 0 aliphatic carbocycles. The van der Waals surface area contributed by atoms with Crippen molar-refractivity contribution in [3.63, 3.8) is 0 Å². The van der Waals surface area contributed by atoms with E-state index in [1.165, 1.54) is 18.2 Å². The minimum atomic E-state index is -4.49. The highest BCUT2D eigenvalue weighted by Gasteiger charge is 2.30. The lowest BCUT2D eigenvalue weighted by Gasteiger charge is -2.13. The number of hydrogen-bond acceptors (Lipinski definition) is 6. The number of nitrogens with one attached hydrogen (secondary N) is 2. The molecule has 30 heavy (non-hydrogen) atoms. The van der Waals surface area contributed by atoms with Crippen LogP contribution >= 0.6 is 0 Å². The van der Waals surface area contributed by atoms with Gasteiger partial charge in [0, 0.05) is 24.4 Å². The highest BCUT2D eigenvalue weighted by molar-refractivity contribution is 6.01. The van der Waals surface area contributed by atoms with Crippen molar-refractivity contribution in [1.29, 1.82) is 0 Å². The summed E-state index contributed by atoms with van der Waals surface area (Å²) in [6.07, 6.45) is -4.58. The van der Waals surface area contributed by atoms with Crippen LogP contribution in [0.5, 0.6) is 0 Å². The zero-order valence-corrected chi connectivity index (χ0v) is 15.8. The van der Waals surface area contributed by atoms with E-state index in [4.69, 9.17) is 4.74 Å². The summed E-state index contributed by atoms with van der Waals surface area (Å²) in [4.78, 5) is 34.2. The van der Waals surface area contributed by atoms with E-state index in [1.807, 2.05) is 0 Å². The third-order valence-electron chi connectivity index (χ3n) is 3.87. The first-order valence-electron chi connectivity index (χ1n) is 8.78. The van der Waals surface area contributed by atoms with Gasteiger partial charge in [-0.05, 0) is 37.3 Å². The molecule has 0 radical (unpaired) electrons. The Hall–Kier alpha value is -3.63. The summed E-state index contributed by atoms with van der Waals surface area (Å²) in [6, 6.07) is 7.54. The lowest BCUT2D eigenvalue weighted by molar-refractivity contribution is -0.384. The third kappa shape index (κ3) is 6.19. The van der Waals surface area contributed by atoms with Crippen molar-refractivity contribution in [3.05, 3.63) is 63.7 Å². The van der Waals surface area contributed by atoms with Crippen LogP contribution in [-0.2, 0) is 15.7 Å². The van der Waals surface area contributed by atoms with Gasteiger partial charge in [0.2, 0.25) is 0 Å². The largest absolute Gasteiger partial charge is 0.466 e. The summed E-state index contributed by atoms with van der Waals surface area (Å²) >= 11 is 0. The van der Waals surface area contributed by atoms with Gasteiger partial charge in [-0.25, -0.2) is 0 Å². The van der Waals surface area contributed by atoms with Crippen LogP contribution in [0, 0.1) is 10.1 Å². The predicted octanol–water partition coefficient (Wildman–Crippen LogP) is 4.04. The second-order valence-electron chi connectivity index (χ2n) is 6.00. The molecule has 0 fully saturated rings. The van der Waals surface area contributed by atoms with E-state index in [1.54, 1.807) is 6.92 Å². The summed E-state index contributed by atoms with van der Waals surface area (Å²) in [6.45, 7) is 1.78. The number of nitro benzene ring substituents is 1. The van der Waals surface area contributed by atoms with Crippen molar-refractivity contribution in [1.82, 2.24) is 5.32 Å². The van der Waals surface area contributed by atoms with Crippen molar-refractivity contribution in [3.8, 4) is 0 Å². The number of carbonyl (C=O) groups excluding carboxylic acids is 2. The molecule has 0 aliphatic rings. The first-order chi connectivity index (χ1) is 14.1. The fourth-order valence-corrected chi connectivity index (χ4v) is 2.45. The first-order valence-corrected chi connectivity index (χ1v) is 8.78. The molecule has 2 N–H and O–H groups in total. The molecular weight excluding hydrogens is 407 g/mol. The molecular formula is C19H18F3N3O5. The minimum Gasteiger partial charge on any atom is -0.466 e. The molecule has 0 saturated heterocycles. The molecule has 0 unspecified atom stereocenters. The van der Waals surface area contributed by atoms with Crippen molar-refractivity contribution in [2.24, 2.45) is 0 Å². The molecule has 0 heterocycles. The molecule has 2 aromatic rings. The van der Waals surface area contributed by atoms with E-state index in [9.17, 15) is 32.9 Å². The van der Waals surface area contributed by atoms with Crippen LogP contribution in [0.25, 0.3) is 0 Å². The number of anilines is 2. The molecule has 2 aromatic carbocycles. The molecule has 0 spiro atoms. The van der Waals surface area contributed by atoms with Crippen LogP contribution in [0.1, 0.15) is 29.3 Å². The molecule has 0 atom stereocenters. The zero-order chi connectivity index (χ0) is 22.3. The molecule has 0 aliphatic heterocycles. The van der Waals surface area contributed by atoms with E-state index in [0.29, 0.717) is 0 Å². The molecule has 11 heteroatoms. The Morgan fingerprint density at radius 2 is 1.80 bits per heavy atom. The van der Waals surface area contributed by atoms with Gasteiger partial charge in [-0.1, -0.05) is 0 Å². The van der Waals surface area contributed by atoms with Gasteiger partial charge in [0.25, 0.3) is 11.6 Å². The van der Waals surface area contributed by atoms with Gasteiger partial charge < -0.3 is 15.4 Å². The maximum absolute atomic E-state index is 12.7. The van der Waals surface area contributed by atoms with Crippen molar-refractivity contribution in [2.45, 2.75) is 19.5 Å². The Morgan fingerprint density at radius 1 is 1.13 bits per heavy atom. The number of nitrogens with zero attached hydrogens (tertiary/aromatic N) is 1. The van der Waals surface area contributed by atoms with E-state index in [2.05, 4.69) is 10.6 Å². The molecule has 8 nitrogen and oxygen atoms in total. The van der Waals surface area contributed by atoms with Gasteiger partial charge in [-0.15, -0.1) is 0 Å². The average molecular weight is 425 g/mol. The number of benzene rings is 2. The molecule has 0 aromatic heterocycles. The van der Waals surface area contributed by atoms with Crippen molar-refractivity contribution >= 4 is 28.9 Å². The number of nitro groups is 1. The summed E-state index contributed by atoms with van der Waals surface area (Å²) in [7, 11) is 0. The van der Waals surface area contributed by atoms with Gasteiger partial charge in [-0.3, -0.25) is 19.7 Å². The number of ether oxygens (including phenoxy) is 1. The van der Waals surface area contributed by atoms with Gasteiger partial charge in [0.15, 0.2) is 0 Å². The Morgan fingerprint density at radius 3 is 2.37 bits per heavy atom. The number of alkyl halides is 3. The van der Waals surface area contributed by atoms with Crippen LogP contribution < -0.4 is 10.6 Å². The summed E-state index contributed by atoms with van der Waals surface area (Å²) in [5, 5.41) is 16.3. The Balaban J connectivity index is 2.21. The van der Waals surface area contributed by atoms with Gasteiger partial charge in [0.05, 0.1) is 34.8 Å². The number of carbonyl (C=O) groups is 2. The molecule has 160 valence electrons. The lowest BCUT2D eigenvalue weighted by atomic mass is 10.1. The van der Waals surface area contributed by atoms with E-state index in [-0.39, 0.29) is 42.2 Å². The third-order valence-corrected chi connectivity index (χ3v) is 3.87. The van der Waals surface area contributed by atoms with E-state index in [0.717, 1.165) is 24.3 Å². The highest BCUT2D eigenvalue weighted by Crippen LogP contribution is 2.31. The quantitative estimate of drug-likeness (QED) is 0.375. The topological polar surface area (TPSA) is 111 Å². The van der Waals surface area contributed by atoms with Crippen LogP contribution in [-0.4, -0.2) is 30.0 Å². The maximum Gasteiger partial charge on any atom is 0.416 e. The monoisotopic (exact) mass is 425 g/mol. The summed E-state index contributed by atoms with van der Waals surface area (Å²) in [5.41, 5.74) is -0.892. The van der Waals surface area contributed by atoms with Crippen LogP contribution in [0.3, 0.4) is 0 Å². The second kappa shape index (κ2) is 9.72. The second-order valence-corrected chi connectivity index (χ2v) is 6.00. The van der Waals surface area contributed by atoms with Gasteiger partial charge in [-0.2, -0.15) is 13.2 Å². The van der Waals surface area contributed by atoms with Crippen LogP contribution in [0.2, 0.25) is 0 Å². The molecule has 0 bridgehead atoms. The standard InChI is InChI=1S/C19H18F3N3O5/c1-2-30-17(26)9-10-23-18(27)15-11-14(25(28)29)7-8-16(15)24-13-5-3-12(4-6-13)19(20,21)22/h3-8,11,24H,2,9-10H2,1H3,(H,23,27). The SMILES string of the molecule is CCOC(=O)CCNC(=O)c1cc([N+](=O)[O-])ccc1Nc1ccc(C(F)(F)F)cc1. The fourth-order valence-electron chi connectivity index (χ4n) is 2.45. The minimum absolute atomic E-state index is 0.0555. The molecule has 1 amide bonds. The number of halogens is 3. The average Bonchev–Trinajstić information content (AvgIpc) is 2.68. The van der Waals surface area contributed by atoms with Gasteiger partial charge >= 0.3 is 12.1 Å². The first kappa shape index (κ1) is 22.7. The smallest absolute Gasteiger partial charge is 0.416 e. The number of rotatable bonds is 8. The van der Waals surface area contributed by atoms with E-state index >= 15 is 0 Å². The number of non-ortho nitro benzene ring substituents is 1. The number of hydrogen-bond donors (Lipinski definition) is 2. The van der Waals surface area contributed by atoms with Gasteiger partial charge in [0.1, 0.15) is 0 Å². The Kier molecular flexibility index (Phi) is 7.34. The fraction of sp³-hybridized carbons (Fsp3) is 0.263. The Labute approximate surface area is 169 Å². The summed E-state index contributed by atoms with van der Waals surface area (Å²) in [5.74, 6) is -1.21. The van der Waals surface area contributed by atoms with Crippen LogP contribution in [0.4, 0.5) is 30.2 Å². The molecule has 0 saturated carbocycles. The number of amides is 1. The zero-order valence-electron chi connectivity index (χ0n) is 15.8.